The summed E-state index contributed by atoms with van der Waals surface area (Å²) in [6.07, 6.45) is 8.64. The summed E-state index contributed by atoms with van der Waals surface area (Å²) in [6.45, 7) is 4.30. The molecule has 0 radical (unpaired) electrons. The summed E-state index contributed by atoms with van der Waals surface area (Å²) in [5, 5.41) is 4.38. The lowest BCUT2D eigenvalue weighted by Crippen LogP contribution is -2.30. The van der Waals surface area contributed by atoms with E-state index in [4.69, 9.17) is 4.74 Å². The van der Waals surface area contributed by atoms with Crippen LogP contribution in [0.25, 0.3) is 0 Å². The van der Waals surface area contributed by atoms with Gasteiger partial charge in [-0.2, -0.15) is 11.3 Å². The third-order valence-electron chi connectivity index (χ3n) is 4.57. The van der Waals surface area contributed by atoms with Crippen LogP contribution < -0.4 is 0 Å². The van der Waals surface area contributed by atoms with E-state index in [1.54, 1.807) is 23.7 Å². The van der Waals surface area contributed by atoms with Crippen molar-refractivity contribution in [3.05, 3.63) is 81.6 Å². The molecule has 0 bridgehead atoms. The van der Waals surface area contributed by atoms with Crippen LogP contribution in [0, 0.1) is 0 Å². The maximum atomic E-state index is 5.90. The molecular weight excluding hydrogens is 330 g/mol. The van der Waals surface area contributed by atoms with Gasteiger partial charge >= 0.3 is 0 Å². The molecule has 0 aliphatic carbocycles. The number of fused-ring (bicyclic) bond motifs is 1. The first kappa shape index (κ1) is 16.4. The molecular formula is C20H21N3OS. The number of aromatic nitrogens is 2. The summed E-state index contributed by atoms with van der Waals surface area (Å²) >= 11 is 1.76. The fourth-order valence-corrected chi connectivity index (χ4v) is 3.94. The number of thiophene rings is 1. The highest BCUT2D eigenvalue weighted by Gasteiger charge is 2.19. The first-order chi connectivity index (χ1) is 12.4. The van der Waals surface area contributed by atoms with Crippen LogP contribution in [0.3, 0.4) is 0 Å². The maximum absolute atomic E-state index is 5.90. The largest absolute Gasteiger partial charge is 0.372 e. The second kappa shape index (κ2) is 7.87. The maximum Gasteiger partial charge on any atom is 0.0739 e. The summed E-state index contributed by atoms with van der Waals surface area (Å²) in [5.74, 6) is 0. The lowest BCUT2D eigenvalue weighted by atomic mass is 9.97. The number of rotatable bonds is 6. The minimum atomic E-state index is 0.608. The molecule has 5 heteroatoms. The van der Waals surface area contributed by atoms with Gasteiger partial charge in [0.1, 0.15) is 0 Å². The van der Waals surface area contributed by atoms with Crippen LogP contribution in [-0.4, -0.2) is 21.4 Å². The first-order valence-electron chi connectivity index (χ1n) is 8.53. The average molecular weight is 351 g/mol. The van der Waals surface area contributed by atoms with E-state index in [-0.39, 0.29) is 0 Å². The number of ether oxygens (including phenoxy) is 1. The Morgan fingerprint density at radius 1 is 1.04 bits per heavy atom. The van der Waals surface area contributed by atoms with Crippen LogP contribution in [0.15, 0.2) is 53.7 Å². The van der Waals surface area contributed by atoms with E-state index in [2.05, 4.69) is 31.7 Å². The smallest absolute Gasteiger partial charge is 0.0739 e. The van der Waals surface area contributed by atoms with Crippen molar-refractivity contribution in [2.45, 2.75) is 32.7 Å². The fourth-order valence-electron chi connectivity index (χ4n) is 3.28. The van der Waals surface area contributed by atoms with Crippen molar-refractivity contribution in [2.75, 3.05) is 6.54 Å². The minimum Gasteiger partial charge on any atom is -0.372 e. The third-order valence-corrected chi connectivity index (χ3v) is 5.30. The van der Waals surface area contributed by atoms with Crippen molar-refractivity contribution in [3.63, 3.8) is 0 Å². The molecule has 1 aliphatic rings. The molecule has 0 aromatic carbocycles. The normalized spacial score (nSPS) is 14.4. The summed E-state index contributed by atoms with van der Waals surface area (Å²) in [5.41, 5.74) is 6.53. The zero-order valence-corrected chi connectivity index (χ0v) is 14.9. The van der Waals surface area contributed by atoms with Gasteiger partial charge in [0.15, 0.2) is 0 Å². The molecule has 4 nitrogen and oxygen atoms in total. The van der Waals surface area contributed by atoms with Gasteiger partial charge in [0.05, 0.1) is 13.2 Å². The SMILES string of the molecule is c1cc(COCc2cncc3c2CCN(Cc2ccsc2)C3)ccn1. The molecule has 0 fully saturated rings. The lowest BCUT2D eigenvalue weighted by Gasteiger charge is -2.29. The van der Waals surface area contributed by atoms with Crippen LogP contribution >= 0.6 is 11.3 Å². The minimum absolute atomic E-state index is 0.608. The number of hydrogen-bond donors (Lipinski definition) is 0. The Morgan fingerprint density at radius 2 is 1.96 bits per heavy atom. The Bertz CT molecular complexity index is 805. The molecule has 0 N–H and O–H groups in total. The van der Waals surface area contributed by atoms with Crippen LogP contribution in [0.2, 0.25) is 0 Å². The van der Waals surface area contributed by atoms with E-state index < -0.39 is 0 Å². The predicted molar refractivity (Wildman–Crippen MR) is 99.1 cm³/mol. The zero-order valence-electron chi connectivity index (χ0n) is 14.1. The molecule has 3 aromatic heterocycles. The highest BCUT2D eigenvalue weighted by Crippen LogP contribution is 2.24. The van der Waals surface area contributed by atoms with Crippen molar-refractivity contribution in [1.82, 2.24) is 14.9 Å². The molecule has 0 saturated heterocycles. The van der Waals surface area contributed by atoms with Crippen molar-refractivity contribution in [2.24, 2.45) is 0 Å². The summed E-state index contributed by atoms with van der Waals surface area (Å²) in [6, 6.07) is 6.18. The van der Waals surface area contributed by atoms with Crippen molar-refractivity contribution < 1.29 is 4.74 Å². The van der Waals surface area contributed by atoms with Gasteiger partial charge in [-0.05, 0) is 63.2 Å². The highest BCUT2D eigenvalue weighted by atomic mass is 32.1. The van der Waals surface area contributed by atoms with Gasteiger partial charge < -0.3 is 4.74 Å². The topological polar surface area (TPSA) is 38.2 Å². The monoisotopic (exact) mass is 351 g/mol. The molecule has 3 aromatic rings. The van der Waals surface area contributed by atoms with E-state index >= 15 is 0 Å². The molecule has 4 rings (SSSR count). The molecule has 0 spiro atoms. The van der Waals surface area contributed by atoms with Crippen LogP contribution in [-0.2, 0) is 37.5 Å². The van der Waals surface area contributed by atoms with Crippen LogP contribution in [0.4, 0.5) is 0 Å². The molecule has 0 unspecified atom stereocenters. The number of pyridine rings is 2. The van der Waals surface area contributed by atoms with Gasteiger partial charge in [-0.1, -0.05) is 0 Å². The quantitative estimate of drug-likeness (QED) is 0.677. The predicted octanol–water partition coefficient (Wildman–Crippen LogP) is 3.81. The highest BCUT2D eigenvalue weighted by molar-refractivity contribution is 7.07. The fraction of sp³-hybridized carbons (Fsp3) is 0.300. The molecule has 128 valence electrons. The summed E-state index contributed by atoms with van der Waals surface area (Å²) < 4.78 is 5.90. The Balaban J connectivity index is 1.39. The van der Waals surface area contributed by atoms with Gasteiger partial charge in [0, 0.05) is 44.4 Å². The Kier molecular flexibility index (Phi) is 5.16. The third kappa shape index (κ3) is 4.12. The van der Waals surface area contributed by atoms with E-state index in [0.717, 1.165) is 31.6 Å². The molecule has 0 saturated carbocycles. The van der Waals surface area contributed by atoms with Crippen LogP contribution in [0.1, 0.15) is 27.8 Å². The molecule has 0 amide bonds. The second-order valence-electron chi connectivity index (χ2n) is 6.38. The van der Waals surface area contributed by atoms with E-state index in [9.17, 15) is 0 Å². The van der Waals surface area contributed by atoms with Crippen LogP contribution in [0.5, 0.6) is 0 Å². The zero-order chi connectivity index (χ0) is 16.9. The average Bonchev–Trinajstić information content (AvgIpc) is 3.16. The van der Waals surface area contributed by atoms with Crippen molar-refractivity contribution in [1.29, 1.82) is 0 Å². The lowest BCUT2D eigenvalue weighted by molar-refractivity contribution is 0.105. The van der Waals surface area contributed by atoms with E-state index in [0.29, 0.717) is 13.2 Å². The molecule has 25 heavy (non-hydrogen) atoms. The Morgan fingerprint density at radius 3 is 2.80 bits per heavy atom. The van der Waals surface area contributed by atoms with Gasteiger partial charge in [0.2, 0.25) is 0 Å². The Labute approximate surface area is 152 Å². The molecule has 4 heterocycles. The van der Waals surface area contributed by atoms with E-state index in [1.165, 1.54) is 22.3 Å². The second-order valence-corrected chi connectivity index (χ2v) is 7.16. The van der Waals surface area contributed by atoms with Gasteiger partial charge in [-0.3, -0.25) is 14.9 Å². The summed E-state index contributed by atoms with van der Waals surface area (Å²) in [7, 11) is 0. The molecule has 1 aliphatic heterocycles. The number of hydrogen-bond acceptors (Lipinski definition) is 5. The van der Waals surface area contributed by atoms with Crippen molar-refractivity contribution in [3.8, 4) is 0 Å². The van der Waals surface area contributed by atoms with Gasteiger partial charge in [0.25, 0.3) is 0 Å². The van der Waals surface area contributed by atoms with Crippen molar-refractivity contribution >= 4 is 11.3 Å². The number of nitrogens with zero attached hydrogens (tertiary/aromatic N) is 3. The van der Waals surface area contributed by atoms with E-state index in [1.807, 2.05) is 24.5 Å². The summed E-state index contributed by atoms with van der Waals surface area (Å²) in [4.78, 5) is 11.0. The van der Waals surface area contributed by atoms with Gasteiger partial charge in [-0.25, -0.2) is 0 Å². The van der Waals surface area contributed by atoms with Gasteiger partial charge in [-0.15, -0.1) is 0 Å². The standard InChI is InChI=1S/C20H21N3OS/c1-5-21-6-2-16(1)13-24-14-19-10-22-9-18-12-23(7-3-20(18)19)11-17-4-8-25-15-17/h1-2,4-6,8-10,15H,3,7,11-14H2. The molecule has 0 atom stereocenters. The first-order valence-corrected chi connectivity index (χ1v) is 9.47. The Hall–Kier alpha value is -2.08.